The molecular weight excluding hydrogens is 284 g/mol. The number of nitrogens with one attached hydrogen (secondary N) is 1. The van der Waals surface area contributed by atoms with E-state index in [1.54, 1.807) is 20.9 Å². The molecule has 1 N–H and O–H groups in total. The van der Waals surface area contributed by atoms with Gasteiger partial charge in [-0.15, -0.1) is 0 Å². The smallest absolute Gasteiger partial charge is 0.279 e. The predicted molar refractivity (Wildman–Crippen MR) is 82.0 cm³/mol. The van der Waals surface area contributed by atoms with Gasteiger partial charge in [-0.25, -0.2) is 9.36 Å². The Kier molecular flexibility index (Phi) is 4.11. The quantitative estimate of drug-likeness (QED) is 0.909. The Bertz CT molecular complexity index is 787. The molecule has 8 heteroatoms. The van der Waals surface area contributed by atoms with E-state index in [1.807, 2.05) is 13.8 Å². The van der Waals surface area contributed by atoms with Crippen molar-refractivity contribution in [3.05, 3.63) is 33.0 Å². The number of aromatic nitrogens is 5. The average Bonchev–Trinajstić information content (AvgIpc) is 2.78. The summed E-state index contributed by atoms with van der Waals surface area (Å²) in [4.78, 5) is 28.9. The van der Waals surface area contributed by atoms with Gasteiger partial charge in [0.1, 0.15) is 5.56 Å². The lowest BCUT2D eigenvalue weighted by atomic mass is 10.1. The topological polar surface area (TPSA) is 94.7 Å². The van der Waals surface area contributed by atoms with Gasteiger partial charge in [0.15, 0.2) is 5.82 Å². The Hall–Kier alpha value is -2.51. The minimum absolute atomic E-state index is 0.0732. The maximum atomic E-state index is 12.5. The summed E-state index contributed by atoms with van der Waals surface area (Å²) in [5, 5.41) is 10.9. The van der Waals surface area contributed by atoms with Gasteiger partial charge in [-0.2, -0.15) is 15.2 Å². The van der Waals surface area contributed by atoms with Crippen molar-refractivity contribution in [1.82, 2.24) is 24.5 Å². The minimum Gasteiger partial charge on any atom is -0.290 e. The van der Waals surface area contributed by atoms with E-state index < -0.39 is 11.5 Å². The van der Waals surface area contributed by atoms with Crippen molar-refractivity contribution in [3.8, 4) is 0 Å². The largest absolute Gasteiger partial charge is 0.290 e. The van der Waals surface area contributed by atoms with Crippen LogP contribution in [0.4, 0.5) is 5.95 Å². The van der Waals surface area contributed by atoms with E-state index in [9.17, 15) is 9.59 Å². The van der Waals surface area contributed by atoms with Crippen molar-refractivity contribution in [1.29, 1.82) is 0 Å². The Labute approximate surface area is 128 Å². The van der Waals surface area contributed by atoms with Crippen molar-refractivity contribution < 1.29 is 4.79 Å². The Morgan fingerprint density at radius 3 is 2.32 bits per heavy atom. The average molecular weight is 304 g/mol. The summed E-state index contributed by atoms with van der Waals surface area (Å²) in [7, 11) is 3.21. The second-order valence-corrected chi connectivity index (χ2v) is 5.54. The molecule has 1 amide bonds. The maximum Gasteiger partial charge on any atom is 0.279 e. The van der Waals surface area contributed by atoms with Crippen LogP contribution in [0.25, 0.3) is 0 Å². The molecule has 0 fully saturated rings. The molecule has 0 atom stereocenters. The van der Waals surface area contributed by atoms with Crippen LogP contribution in [0.2, 0.25) is 0 Å². The van der Waals surface area contributed by atoms with Gasteiger partial charge in [0.05, 0.1) is 5.69 Å². The van der Waals surface area contributed by atoms with Crippen LogP contribution >= 0.6 is 0 Å². The van der Waals surface area contributed by atoms with Crippen molar-refractivity contribution >= 4 is 11.9 Å². The summed E-state index contributed by atoms with van der Waals surface area (Å²) >= 11 is 0. The molecule has 2 aromatic heterocycles. The number of hydrogen-bond acceptors (Lipinski definition) is 5. The molecule has 0 aliphatic heterocycles. The summed E-state index contributed by atoms with van der Waals surface area (Å²) in [6.45, 7) is 7.39. The van der Waals surface area contributed by atoms with Crippen LogP contribution in [0.15, 0.2) is 4.79 Å². The third-order valence-corrected chi connectivity index (χ3v) is 3.47. The van der Waals surface area contributed by atoms with Crippen molar-refractivity contribution in [2.24, 2.45) is 14.1 Å². The van der Waals surface area contributed by atoms with Crippen LogP contribution < -0.4 is 10.9 Å². The fraction of sp³-hybridized carbons (Fsp3) is 0.500. The van der Waals surface area contributed by atoms with Crippen LogP contribution in [0, 0.1) is 13.8 Å². The molecule has 0 spiro atoms. The molecule has 0 aliphatic carbocycles. The number of hydrogen-bond donors (Lipinski definition) is 1. The van der Waals surface area contributed by atoms with Crippen molar-refractivity contribution in [3.63, 3.8) is 0 Å². The third kappa shape index (κ3) is 2.76. The number of amides is 1. The number of rotatable bonds is 3. The number of aryl methyl sites for hydroxylation is 3. The van der Waals surface area contributed by atoms with E-state index in [0.717, 1.165) is 4.68 Å². The summed E-state index contributed by atoms with van der Waals surface area (Å²) in [6, 6.07) is 0. The van der Waals surface area contributed by atoms with Gasteiger partial charge in [-0.05, 0) is 19.4 Å². The van der Waals surface area contributed by atoms with Gasteiger partial charge in [0, 0.05) is 20.0 Å². The highest BCUT2D eigenvalue weighted by Crippen LogP contribution is 2.13. The van der Waals surface area contributed by atoms with Gasteiger partial charge in [0.2, 0.25) is 5.95 Å². The molecule has 0 saturated carbocycles. The molecule has 2 rings (SSSR count). The van der Waals surface area contributed by atoms with Crippen LogP contribution in [-0.2, 0) is 14.1 Å². The lowest BCUT2D eigenvalue weighted by Gasteiger charge is -2.09. The lowest BCUT2D eigenvalue weighted by Crippen LogP contribution is -2.32. The van der Waals surface area contributed by atoms with Crippen LogP contribution in [0.1, 0.15) is 47.2 Å². The third-order valence-electron chi connectivity index (χ3n) is 3.47. The van der Waals surface area contributed by atoms with Crippen molar-refractivity contribution in [2.45, 2.75) is 33.6 Å². The lowest BCUT2D eigenvalue weighted by molar-refractivity contribution is 0.102. The van der Waals surface area contributed by atoms with Crippen LogP contribution in [-0.4, -0.2) is 30.5 Å². The Balaban J connectivity index is 2.41. The van der Waals surface area contributed by atoms with E-state index >= 15 is 0 Å². The standard InChI is InChI=1S/C14H20N6O2/c1-7(2)11-15-14(20(6)18-11)16-12(21)10-8(3)9(4)17-19(5)13(10)22/h7H,1-6H3,(H,15,16,18,21). The highest BCUT2D eigenvalue weighted by Gasteiger charge is 2.20. The fourth-order valence-corrected chi connectivity index (χ4v) is 2.04. The molecule has 22 heavy (non-hydrogen) atoms. The minimum atomic E-state index is -0.505. The highest BCUT2D eigenvalue weighted by molar-refractivity contribution is 6.04. The zero-order chi connectivity index (χ0) is 16.6. The molecule has 118 valence electrons. The van der Waals surface area contributed by atoms with E-state index in [4.69, 9.17) is 0 Å². The molecule has 0 bridgehead atoms. The molecule has 2 aromatic rings. The second-order valence-electron chi connectivity index (χ2n) is 5.54. The molecule has 0 unspecified atom stereocenters. The van der Waals surface area contributed by atoms with Crippen LogP contribution in [0.5, 0.6) is 0 Å². The summed E-state index contributed by atoms with van der Waals surface area (Å²) in [5.41, 5.74) is 0.830. The maximum absolute atomic E-state index is 12.5. The number of anilines is 1. The first-order valence-corrected chi connectivity index (χ1v) is 6.99. The zero-order valence-corrected chi connectivity index (χ0v) is 13.6. The number of carbonyl (C=O) groups is 1. The Morgan fingerprint density at radius 1 is 1.14 bits per heavy atom. The SMILES string of the molecule is Cc1nn(C)c(=O)c(C(=O)Nc2nc(C(C)C)nn2C)c1C. The molecule has 0 aromatic carbocycles. The molecule has 0 radical (unpaired) electrons. The van der Waals surface area contributed by atoms with Gasteiger partial charge < -0.3 is 0 Å². The van der Waals surface area contributed by atoms with E-state index in [2.05, 4.69) is 20.5 Å². The number of nitrogens with zero attached hydrogens (tertiary/aromatic N) is 5. The molecular formula is C14H20N6O2. The summed E-state index contributed by atoms with van der Waals surface area (Å²) < 4.78 is 2.65. The van der Waals surface area contributed by atoms with E-state index in [0.29, 0.717) is 23.0 Å². The molecule has 8 nitrogen and oxygen atoms in total. The normalized spacial score (nSPS) is 11.0. The first-order chi connectivity index (χ1) is 10.2. The molecule has 2 heterocycles. The molecule has 0 saturated heterocycles. The zero-order valence-electron chi connectivity index (χ0n) is 13.6. The summed E-state index contributed by atoms with van der Waals surface area (Å²) in [6.07, 6.45) is 0. The molecule has 0 aliphatic rings. The second kappa shape index (κ2) is 5.70. The van der Waals surface area contributed by atoms with Gasteiger partial charge >= 0.3 is 0 Å². The number of carbonyl (C=O) groups excluding carboxylic acids is 1. The highest BCUT2D eigenvalue weighted by atomic mass is 16.2. The van der Waals surface area contributed by atoms with E-state index in [1.165, 1.54) is 11.7 Å². The Morgan fingerprint density at radius 2 is 1.77 bits per heavy atom. The van der Waals surface area contributed by atoms with Gasteiger partial charge in [0.25, 0.3) is 11.5 Å². The predicted octanol–water partition coefficient (Wildman–Crippen LogP) is 0.901. The first kappa shape index (κ1) is 15.9. The monoisotopic (exact) mass is 304 g/mol. The van der Waals surface area contributed by atoms with Crippen LogP contribution in [0.3, 0.4) is 0 Å². The van der Waals surface area contributed by atoms with Gasteiger partial charge in [-0.1, -0.05) is 13.8 Å². The first-order valence-electron chi connectivity index (χ1n) is 6.99. The van der Waals surface area contributed by atoms with Crippen molar-refractivity contribution in [2.75, 3.05) is 5.32 Å². The fourth-order valence-electron chi connectivity index (χ4n) is 2.04. The van der Waals surface area contributed by atoms with Gasteiger partial charge in [-0.3, -0.25) is 14.9 Å². The summed E-state index contributed by atoms with van der Waals surface area (Å²) in [5.74, 6) is 0.585. The van der Waals surface area contributed by atoms with E-state index in [-0.39, 0.29) is 11.5 Å².